The summed E-state index contributed by atoms with van der Waals surface area (Å²) in [6.45, 7) is 8.96. The molecule has 4 aromatic rings. The van der Waals surface area contributed by atoms with E-state index in [0.717, 1.165) is 34.4 Å². The number of hydrogen-bond donors (Lipinski definition) is 1. The Balaban J connectivity index is 1.15. The minimum absolute atomic E-state index is 0.00541. The fourth-order valence-electron chi connectivity index (χ4n) is 5.02. The van der Waals surface area contributed by atoms with Crippen molar-refractivity contribution in [1.82, 2.24) is 20.1 Å². The molecule has 1 atom stereocenters. The molecule has 0 radical (unpaired) electrons. The second-order valence-electron chi connectivity index (χ2n) is 11.7. The molecule has 1 fully saturated rings. The lowest BCUT2D eigenvalue weighted by Gasteiger charge is -2.22. The van der Waals surface area contributed by atoms with Gasteiger partial charge in [-0.05, 0) is 90.5 Å². The van der Waals surface area contributed by atoms with Crippen molar-refractivity contribution in [3.63, 3.8) is 0 Å². The summed E-state index contributed by atoms with van der Waals surface area (Å²) in [5, 5.41) is 8.64. The normalized spacial score (nSPS) is 15.1. The summed E-state index contributed by atoms with van der Waals surface area (Å²) in [5.41, 5.74) is 5.35. The van der Waals surface area contributed by atoms with E-state index in [1.165, 1.54) is 47.0 Å². The van der Waals surface area contributed by atoms with Crippen molar-refractivity contribution in [2.75, 3.05) is 17.2 Å². The van der Waals surface area contributed by atoms with Gasteiger partial charge in [0, 0.05) is 12.1 Å². The number of nitrogens with one attached hydrogen (secondary N) is 1. The molecule has 1 amide bonds. The number of ether oxygens (including phenoxy) is 1. The summed E-state index contributed by atoms with van der Waals surface area (Å²) in [4.78, 5) is 23.5. The van der Waals surface area contributed by atoms with Gasteiger partial charge in [0.1, 0.15) is 12.1 Å². The maximum atomic E-state index is 12.9. The molecule has 1 saturated heterocycles. The number of thioether (sulfide) groups is 1. The van der Waals surface area contributed by atoms with Crippen molar-refractivity contribution in [3.05, 3.63) is 95.8 Å². The third-order valence-electron chi connectivity index (χ3n) is 7.48. The van der Waals surface area contributed by atoms with Crippen LogP contribution in [0.25, 0.3) is 23.2 Å². The summed E-state index contributed by atoms with van der Waals surface area (Å²) < 4.78 is 42.8. The number of benzene rings is 3. The minimum atomic E-state index is -4.75. The number of aromatic nitrogens is 3. The number of thiocarbonyl (C=S) groups is 1. The van der Waals surface area contributed by atoms with Gasteiger partial charge < -0.3 is 10.1 Å². The molecule has 13 heteroatoms. The van der Waals surface area contributed by atoms with Crippen LogP contribution in [0.1, 0.15) is 49.8 Å². The quantitative estimate of drug-likeness (QED) is 0.167. The van der Waals surface area contributed by atoms with Crippen LogP contribution in [-0.4, -0.2) is 49.6 Å². The molecule has 1 aromatic heterocycles. The summed E-state index contributed by atoms with van der Waals surface area (Å²) in [6, 6.07) is 19.3. The van der Waals surface area contributed by atoms with E-state index >= 15 is 0 Å². The first-order valence-corrected chi connectivity index (χ1v) is 16.7. The first-order chi connectivity index (χ1) is 22.9. The lowest BCUT2D eigenvalue weighted by molar-refractivity contribution is -0.274. The molecule has 0 bridgehead atoms. The zero-order chi connectivity index (χ0) is 34.4. The third kappa shape index (κ3) is 9.10. The maximum Gasteiger partial charge on any atom is 0.573 e. The SMILES string of the molecule is Cc1ccc(C(C)C)c(N2C(=O)CS/C2=N\C(=S)NCCC(C)/C=C/c2cccc(-c3ncn(-c4ccc(OC(F)(F)F)cc4)n3)c2)c1. The summed E-state index contributed by atoms with van der Waals surface area (Å²) in [6.07, 6.45) is 1.72. The molecule has 0 spiro atoms. The Kier molecular flexibility index (Phi) is 11.0. The summed E-state index contributed by atoms with van der Waals surface area (Å²) in [7, 11) is 0. The molecular formula is C35H35F3N6O2S2. The molecule has 5 rings (SSSR count). The van der Waals surface area contributed by atoms with Crippen LogP contribution in [0.15, 0.2) is 84.1 Å². The number of amidine groups is 1. The molecule has 0 aliphatic carbocycles. The fraction of sp³-hybridized carbons (Fsp3) is 0.286. The van der Waals surface area contributed by atoms with Gasteiger partial charge in [-0.2, -0.15) is 4.99 Å². The predicted octanol–water partition coefficient (Wildman–Crippen LogP) is 8.31. The molecule has 1 aliphatic heterocycles. The number of hydrogen-bond acceptors (Lipinski definition) is 6. The van der Waals surface area contributed by atoms with E-state index in [-0.39, 0.29) is 23.5 Å². The van der Waals surface area contributed by atoms with E-state index in [4.69, 9.17) is 12.2 Å². The summed E-state index contributed by atoms with van der Waals surface area (Å²) in [5.74, 6) is 0.983. The highest BCUT2D eigenvalue weighted by atomic mass is 32.2. The number of rotatable bonds is 10. The van der Waals surface area contributed by atoms with Crippen LogP contribution in [0.4, 0.5) is 18.9 Å². The number of nitrogens with zero attached hydrogens (tertiary/aromatic N) is 5. The molecule has 1 unspecified atom stereocenters. The lowest BCUT2D eigenvalue weighted by atomic mass is 9.99. The van der Waals surface area contributed by atoms with Gasteiger partial charge in [0.15, 0.2) is 16.1 Å². The highest BCUT2D eigenvalue weighted by molar-refractivity contribution is 8.15. The summed E-state index contributed by atoms with van der Waals surface area (Å²) >= 11 is 6.92. The number of carbonyl (C=O) groups excluding carboxylic acids is 1. The molecule has 8 nitrogen and oxygen atoms in total. The number of alkyl halides is 3. The molecule has 3 aromatic carbocycles. The van der Waals surface area contributed by atoms with Gasteiger partial charge in [-0.3, -0.25) is 9.69 Å². The van der Waals surface area contributed by atoms with Crippen LogP contribution in [0.5, 0.6) is 5.75 Å². The predicted molar refractivity (Wildman–Crippen MR) is 190 cm³/mol. The van der Waals surface area contributed by atoms with Crippen LogP contribution in [-0.2, 0) is 4.79 Å². The van der Waals surface area contributed by atoms with E-state index in [2.05, 4.69) is 64.1 Å². The van der Waals surface area contributed by atoms with Crippen LogP contribution in [0.2, 0.25) is 0 Å². The van der Waals surface area contributed by atoms with Crippen molar-refractivity contribution in [2.45, 2.75) is 46.4 Å². The number of aliphatic imine (C=N–C) groups is 1. The highest BCUT2D eigenvalue weighted by Gasteiger charge is 2.32. The van der Waals surface area contributed by atoms with Gasteiger partial charge in [-0.25, -0.2) is 9.67 Å². The standard InChI is InChI=1S/C35H35F3N6O2S2/c1-22(2)29-15-9-24(4)18-30(29)44-31(45)20-48-34(44)41-33(47)39-17-16-23(3)8-10-25-6-5-7-26(19-25)32-40-21-43(42-32)27-11-13-28(14-12-27)46-35(36,37)38/h5-15,18-19,21-23H,16-17,20H2,1-4H3,(H,39,47)/b10-8+,41-34-. The van der Waals surface area contributed by atoms with E-state index in [0.29, 0.717) is 34.1 Å². The molecule has 2 heterocycles. The van der Waals surface area contributed by atoms with E-state index < -0.39 is 6.36 Å². The average Bonchev–Trinajstić information content (AvgIpc) is 3.66. The second kappa shape index (κ2) is 15.2. The topological polar surface area (TPSA) is 84.6 Å². The molecule has 250 valence electrons. The van der Waals surface area contributed by atoms with Gasteiger partial charge in [0.05, 0.1) is 17.1 Å². The van der Waals surface area contributed by atoms with Crippen LogP contribution in [0, 0.1) is 12.8 Å². The van der Waals surface area contributed by atoms with Crippen LogP contribution in [0.3, 0.4) is 0 Å². The highest BCUT2D eigenvalue weighted by Crippen LogP contribution is 2.34. The number of amides is 1. The third-order valence-corrected chi connectivity index (χ3v) is 8.64. The minimum Gasteiger partial charge on any atom is -0.406 e. The van der Waals surface area contributed by atoms with Gasteiger partial charge in [-0.15, -0.1) is 18.3 Å². The molecule has 1 N–H and O–H groups in total. The first-order valence-electron chi connectivity index (χ1n) is 15.4. The van der Waals surface area contributed by atoms with Crippen molar-refractivity contribution in [3.8, 4) is 22.8 Å². The van der Waals surface area contributed by atoms with Gasteiger partial charge in [0.25, 0.3) is 0 Å². The number of aryl methyl sites for hydroxylation is 1. The smallest absolute Gasteiger partial charge is 0.406 e. The molecular weight excluding hydrogens is 658 g/mol. The number of allylic oxidation sites excluding steroid dienone is 1. The van der Waals surface area contributed by atoms with Crippen LogP contribution < -0.4 is 15.0 Å². The zero-order valence-electron chi connectivity index (χ0n) is 26.9. The maximum absolute atomic E-state index is 12.9. The fourth-order valence-corrected chi connectivity index (χ4v) is 6.14. The lowest BCUT2D eigenvalue weighted by Crippen LogP contribution is -2.32. The molecule has 1 aliphatic rings. The van der Waals surface area contributed by atoms with E-state index in [9.17, 15) is 18.0 Å². The Morgan fingerprint density at radius 2 is 1.90 bits per heavy atom. The Morgan fingerprint density at radius 3 is 2.62 bits per heavy atom. The van der Waals surface area contributed by atoms with Gasteiger partial charge in [0.2, 0.25) is 5.91 Å². The molecule has 48 heavy (non-hydrogen) atoms. The van der Waals surface area contributed by atoms with Gasteiger partial charge >= 0.3 is 6.36 Å². The largest absolute Gasteiger partial charge is 0.573 e. The first kappa shape index (κ1) is 34.8. The number of anilines is 1. The number of carbonyl (C=O) groups is 1. The Hall–Kier alpha value is -4.49. The average molecular weight is 693 g/mol. The second-order valence-corrected chi connectivity index (χ2v) is 13.0. The van der Waals surface area contributed by atoms with E-state index in [1.54, 1.807) is 4.90 Å². The molecule has 0 saturated carbocycles. The van der Waals surface area contributed by atoms with E-state index in [1.807, 2.05) is 43.3 Å². The zero-order valence-corrected chi connectivity index (χ0v) is 28.5. The van der Waals surface area contributed by atoms with Gasteiger partial charge in [-0.1, -0.05) is 75.0 Å². The van der Waals surface area contributed by atoms with Crippen LogP contribution >= 0.6 is 24.0 Å². The van der Waals surface area contributed by atoms with Crippen molar-refractivity contribution in [1.29, 1.82) is 0 Å². The van der Waals surface area contributed by atoms with Crippen molar-refractivity contribution >= 4 is 51.9 Å². The Bertz CT molecular complexity index is 1840. The van der Waals surface area contributed by atoms with Crippen molar-refractivity contribution in [2.24, 2.45) is 10.9 Å². The number of halogens is 3. The Morgan fingerprint density at radius 1 is 1.12 bits per heavy atom. The monoisotopic (exact) mass is 692 g/mol. The Labute approximate surface area is 287 Å². The van der Waals surface area contributed by atoms with Crippen molar-refractivity contribution < 1.29 is 22.7 Å².